The van der Waals surface area contributed by atoms with Gasteiger partial charge in [0.15, 0.2) is 0 Å². The predicted octanol–water partition coefficient (Wildman–Crippen LogP) is 0.973. The van der Waals surface area contributed by atoms with Crippen LogP contribution in [0.25, 0.3) is 0 Å². The summed E-state index contributed by atoms with van der Waals surface area (Å²) in [5.74, 6) is 0. The average molecular weight is 290 g/mol. The average Bonchev–Trinajstić information content (AvgIpc) is 2.72. The minimum Gasteiger partial charge on any atom is -0.380 e. The monoisotopic (exact) mass is 290 g/mol. The molecule has 1 atom stereocenters. The van der Waals surface area contributed by atoms with Crippen molar-refractivity contribution in [1.82, 2.24) is 4.72 Å². The van der Waals surface area contributed by atoms with Gasteiger partial charge in [-0.2, -0.15) is 0 Å². The molecule has 1 unspecified atom stereocenters. The van der Waals surface area contributed by atoms with E-state index < -0.39 is 10.0 Å². The molecule has 0 spiro atoms. The molecule has 102 valence electrons. The van der Waals surface area contributed by atoms with Gasteiger partial charge in [-0.1, -0.05) is 0 Å². The largest absolute Gasteiger partial charge is 0.380 e. The highest BCUT2D eigenvalue weighted by Gasteiger charge is 2.24. The van der Waals surface area contributed by atoms with Crippen LogP contribution in [0.2, 0.25) is 0 Å². The van der Waals surface area contributed by atoms with Gasteiger partial charge in [-0.25, -0.2) is 13.1 Å². The lowest BCUT2D eigenvalue weighted by molar-refractivity contribution is 0.0774. The molecule has 2 heterocycles. The molecule has 7 heteroatoms. The third-order valence-electron chi connectivity index (χ3n) is 2.93. The van der Waals surface area contributed by atoms with Crippen molar-refractivity contribution in [3.63, 3.8) is 0 Å². The van der Waals surface area contributed by atoms with Gasteiger partial charge in [-0.3, -0.25) is 0 Å². The molecular formula is C11H18N2O3S2. The van der Waals surface area contributed by atoms with Crippen LogP contribution in [0.1, 0.15) is 23.3 Å². The molecule has 0 amide bonds. The number of nitrogens with one attached hydrogen (secondary N) is 1. The van der Waals surface area contributed by atoms with Crippen LogP contribution in [-0.4, -0.2) is 27.7 Å². The molecule has 0 radical (unpaired) electrons. The molecule has 0 bridgehead atoms. The minimum atomic E-state index is -3.44. The zero-order chi connectivity index (χ0) is 13.2. The molecule has 0 aromatic carbocycles. The van der Waals surface area contributed by atoms with Crippen LogP contribution in [0.4, 0.5) is 0 Å². The predicted molar refractivity (Wildman–Crippen MR) is 71.1 cm³/mol. The number of rotatable bonds is 4. The Morgan fingerprint density at radius 3 is 2.94 bits per heavy atom. The number of thiophene rings is 1. The van der Waals surface area contributed by atoms with E-state index in [9.17, 15) is 8.42 Å². The number of nitrogens with two attached hydrogens (primary N) is 1. The van der Waals surface area contributed by atoms with Gasteiger partial charge in [0.1, 0.15) is 4.21 Å². The molecule has 3 N–H and O–H groups in total. The highest BCUT2D eigenvalue weighted by molar-refractivity contribution is 7.91. The summed E-state index contributed by atoms with van der Waals surface area (Å²) < 4.78 is 32.7. The fourth-order valence-corrected chi connectivity index (χ4v) is 4.67. The summed E-state index contributed by atoms with van der Waals surface area (Å²) in [5.41, 5.74) is 6.50. The number of hydrogen-bond acceptors (Lipinski definition) is 5. The highest BCUT2D eigenvalue weighted by atomic mass is 32.2. The van der Waals surface area contributed by atoms with Crippen LogP contribution in [0.5, 0.6) is 0 Å². The Morgan fingerprint density at radius 2 is 2.39 bits per heavy atom. The maximum absolute atomic E-state index is 12.2. The number of hydrogen-bond donors (Lipinski definition) is 2. The summed E-state index contributed by atoms with van der Waals surface area (Å²) in [7, 11) is -3.44. The normalized spacial score (nSPS) is 21.1. The number of aryl methyl sites for hydroxylation is 1. The van der Waals surface area contributed by atoms with Crippen molar-refractivity contribution in [3.8, 4) is 0 Å². The van der Waals surface area contributed by atoms with Gasteiger partial charge < -0.3 is 10.5 Å². The number of ether oxygens (including phenoxy) is 1. The third-order valence-corrected chi connectivity index (χ3v) is 6.18. The molecule has 0 aliphatic carbocycles. The van der Waals surface area contributed by atoms with E-state index in [4.69, 9.17) is 10.5 Å². The van der Waals surface area contributed by atoms with Gasteiger partial charge in [-0.15, -0.1) is 11.3 Å². The van der Waals surface area contributed by atoms with E-state index in [0.717, 1.165) is 23.3 Å². The van der Waals surface area contributed by atoms with Crippen LogP contribution in [-0.2, 0) is 21.3 Å². The molecule has 1 fully saturated rings. The first-order valence-electron chi connectivity index (χ1n) is 5.92. The Morgan fingerprint density at radius 1 is 1.61 bits per heavy atom. The topological polar surface area (TPSA) is 81.4 Å². The lowest BCUT2D eigenvalue weighted by Gasteiger charge is -2.22. The van der Waals surface area contributed by atoms with Crippen LogP contribution in [0.15, 0.2) is 10.3 Å². The first kappa shape index (κ1) is 14.0. The zero-order valence-corrected chi connectivity index (χ0v) is 11.9. The van der Waals surface area contributed by atoms with Crippen molar-refractivity contribution in [1.29, 1.82) is 0 Å². The summed E-state index contributed by atoms with van der Waals surface area (Å²) in [4.78, 5) is 0.912. The van der Waals surface area contributed by atoms with E-state index in [1.807, 2.05) is 6.92 Å². The Kier molecular flexibility index (Phi) is 4.39. The quantitative estimate of drug-likeness (QED) is 0.866. The standard InChI is InChI=1S/C11H18N2O3S2/c1-8-5-11(17-10(8)6-12)18(14,15)13-9-3-2-4-16-7-9/h5,9,13H,2-4,6-7,12H2,1H3. The van der Waals surface area contributed by atoms with E-state index in [0.29, 0.717) is 24.0 Å². The second kappa shape index (κ2) is 5.66. The van der Waals surface area contributed by atoms with Gasteiger partial charge in [0.25, 0.3) is 0 Å². The van der Waals surface area contributed by atoms with E-state index in [1.54, 1.807) is 6.07 Å². The van der Waals surface area contributed by atoms with E-state index >= 15 is 0 Å². The maximum Gasteiger partial charge on any atom is 0.250 e. The number of sulfonamides is 1. The lowest BCUT2D eigenvalue weighted by Crippen LogP contribution is -2.40. The molecule has 2 rings (SSSR count). The van der Waals surface area contributed by atoms with Gasteiger partial charge in [0.2, 0.25) is 10.0 Å². The van der Waals surface area contributed by atoms with Crippen molar-refractivity contribution >= 4 is 21.4 Å². The van der Waals surface area contributed by atoms with Gasteiger partial charge in [0, 0.05) is 24.1 Å². The van der Waals surface area contributed by atoms with Crippen molar-refractivity contribution in [2.75, 3.05) is 13.2 Å². The molecule has 1 aliphatic rings. The summed E-state index contributed by atoms with van der Waals surface area (Å²) in [6, 6.07) is 1.56. The first-order valence-corrected chi connectivity index (χ1v) is 8.22. The fraction of sp³-hybridized carbons (Fsp3) is 0.636. The second-order valence-corrected chi connectivity index (χ2v) is 7.49. The summed E-state index contributed by atoms with van der Waals surface area (Å²) in [6.45, 7) is 3.42. The zero-order valence-electron chi connectivity index (χ0n) is 10.3. The maximum atomic E-state index is 12.2. The summed E-state index contributed by atoms with van der Waals surface area (Å²) in [5, 5.41) is 0. The Labute approximate surface area is 111 Å². The van der Waals surface area contributed by atoms with Crippen molar-refractivity contribution in [2.45, 2.75) is 36.6 Å². The first-order chi connectivity index (χ1) is 8.53. The van der Waals surface area contributed by atoms with E-state index in [2.05, 4.69) is 4.72 Å². The van der Waals surface area contributed by atoms with Crippen molar-refractivity contribution in [3.05, 3.63) is 16.5 Å². The van der Waals surface area contributed by atoms with Crippen LogP contribution in [0, 0.1) is 6.92 Å². The Hall–Kier alpha value is -0.470. The van der Waals surface area contributed by atoms with Crippen LogP contribution in [0.3, 0.4) is 0 Å². The smallest absolute Gasteiger partial charge is 0.250 e. The third kappa shape index (κ3) is 3.10. The molecule has 5 nitrogen and oxygen atoms in total. The van der Waals surface area contributed by atoms with Gasteiger partial charge >= 0.3 is 0 Å². The SMILES string of the molecule is Cc1cc(S(=O)(=O)NC2CCCOC2)sc1CN. The van der Waals surface area contributed by atoms with Crippen LogP contribution < -0.4 is 10.5 Å². The molecule has 1 aliphatic heterocycles. The highest BCUT2D eigenvalue weighted by Crippen LogP contribution is 2.26. The molecule has 1 aromatic heterocycles. The molecular weight excluding hydrogens is 272 g/mol. The van der Waals surface area contributed by atoms with Crippen molar-refractivity contribution in [2.24, 2.45) is 5.73 Å². The molecule has 0 saturated carbocycles. The van der Waals surface area contributed by atoms with Crippen LogP contribution >= 0.6 is 11.3 Å². The lowest BCUT2D eigenvalue weighted by atomic mass is 10.1. The van der Waals surface area contributed by atoms with Gasteiger partial charge in [-0.05, 0) is 31.4 Å². The van der Waals surface area contributed by atoms with E-state index in [-0.39, 0.29) is 6.04 Å². The Bertz CT molecular complexity index is 504. The molecule has 1 saturated heterocycles. The molecule has 1 aromatic rings. The van der Waals surface area contributed by atoms with Crippen molar-refractivity contribution < 1.29 is 13.2 Å². The molecule has 18 heavy (non-hydrogen) atoms. The second-order valence-electron chi connectivity index (χ2n) is 4.41. The summed E-state index contributed by atoms with van der Waals surface area (Å²) >= 11 is 1.24. The van der Waals surface area contributed by atoms with Gasteiger partial charge in [0.05, 0.1) is 6.61 Å². The fourth-order valence-electron chi connectivity index (χ4n) is 1.93. The summed E-state index contributed by atoms with van der Waals surface area (Å²) in [6.07, 6.45) is 1.72. The minimum absolute atomic E-state index is 0.118. The Balaban J connectivity index is 2.13. The van der Waals surface area contributed by atoms with E-state index in [1.165, 1.54) is 11.3 Å².